The molecule has 4 saturated carbocycles. The smallest absolute Gasteiger partial charge is 0.213 e. The molecule has 8 rings (SSSR count). The minimum absolute atomic E-state index is 0.181. The lowest BCUT2D eigenvalue weighted by Gasteiger charge is -2.70. The minimum Gasteiger partial charge on any atom is -0.474 e. The Bertz CT molecular complexity index is 1450. The number of hydrogen-bond acceptors (Lipinski definition) is 6. The molecule has 0 unspecified atom stereocenters. The molecule has 4 aliphatic carbocycles. The van der Waals surface area contributed by atoms with Crippen molar-refractivity contribution in [2.75, 3.05) is 26.4 Å². The lowest BCUT2D eigenvalue weighted by atomic mass is 9.35. The van der Waals surface area contributed by atoms with Gasteiger partial charge in [-0.05, 0) is 66.7 Å². The third-order valence-electron chi connectivity index (χ3n) is 9.20. The van der Waals surface area contributed by atoms with Gasteiger partial charge in [-0.2, -0.15) is 0 Å². The number of aliphatic hydroxyl groups excluding tert-OH is 1. The van der Waals surface area contributed by atoms with E-state index in [9.17, 15) is 0 Å². The van der Waals surface area contributed by atoms with Gasteiger partial charge in [-0.15, -0.1) is 0 Å². The molecule has 1 aromatic carbocycles. The maximum Gasteiger partial charge on any atom is 0.213 e. The molecule has 7 heteroatoms. The largest absolute Gasteiger partial charge is 0.474 e. The molecule has 3 aromatic heterocycles. The summed E-state index contributed by atoms with van der Waals surface area (Å²) in [6.45, 7) is 2.78. The first kappa shape index (κ1) is 25.0. The van der Waals surface area contributed by atoms with Gasteiger partial charge in [-0.3, -0.25) is 4.98 Å². The molecule has 0 spiro atoms. The Morgan fingerprint density at radius 1 is 0.897 bits per heavy atom. The van der Waals surface area contributed by atoms with Gasteiger partial charge in [0.05, 0.1) is 24.8 Å². The molecule has 1 N–H and O–H groups in total. The van der Waals surface area contributed by atoms with Crippen molar-refractivity contribution in [1.29, 1.82) is 0 Å². The number of ether oxygens (including phenoxy) is 3. The molecule has 0 radical (unpaired) electrons. The second-order valence-electron chi connectivity index (χ2n) is 12.2. The average molecular weight is 528 g/mol. The van der Waals surface area contributed by atoms with Gasteiger partial charge < -0.3 is 23.9 Å². The van der Waals surface area contributed by atoms with Crippen LogP contribution in [-0.4, -0.2) is 58.3 Å². The predicted octanol–water partition coefficient (Wildman–Crippen LogP) is 5.67. The number of hydrogen-bond donors (Lipinski definition) is 1. The van der Waals surface area contributed by atoms with E-state index in [2.05, 4.69) is 51.9 Å². The SMILES string of the molecule is Cn1c2ccncc2c2ccc(-c3ccc(O[C@H]4C[C@H](OCC56CC(COCCCCO)(C5)C6)C4)nc3)cc21. The maximum absolute atomic E-state index is 8.86. The Hall–Kier alpha value is -3.00. The summed E-state index contributed by atoms with van der Waals surface area (Å²) in [6, 6.07) is 12.7. The van der Waals surface area contributed by atoms with Crippen LogP contribution in [0.4, 0.5) is 0 Å². The molecule has 204 valence electrons. The monoisotopic (exact) mass is 527 g/mol. The van der Waals surface area contributed by atoms with Crippen LogP contribution in [0.25, 0.3) is 32.9 Å². The Kier molecular flexibility index (Phi) is 6.33. The Morgan fingerprint density at radius 3 is 2.51 bits per heavy atom. The molecule has 0 amide bonds. The van der Waals surface area contributed by atoms with Crippen molar-refractivity contribution >= 4 is 21.8 Å². The molecule has 39 heavy (non-hydrogen) atoms. The van der Waals surface area contributed by atoms with Crippen LogP contribution in [0.15, 0.2) is 55.0 Å². The van der Waals surface area contributed by atoms with Crippen LogP contribution in [0.2, 0.25) is 0 Å². The van der Waals surface area contributed by atoms with Gasteiger partial charge in [0.25, 0.3) is 0 Å². The van der Waals surface area contributed by atoms with E-state index in [0.717, 1.165) is 56.6 Å². The molecule has 4 aliphatic rings. The Balaban J connectivity index is 0.868. The van der Waals surface area contributed by atoms with E-state index >= 15 is 0 Å². The molecule has 0 aliphatic heterocycles. The van der Waals surface area contributed by atoms with Crippen LogP contribution < -0.4 is 4.74 Å². The third-order valence-corrected chi connectivity index (χ3v) is 9.20. The van der Waals surface area contributed by atoms with Crippen molar-refractivity contribution in [3.63, 3.8) is 0 Å². The second-order valence-corrected chi connectivity index (χ2v) is 12.2. The van der Waals surface area contributed by atoms with Crippen molar-refractivity contribution < 1.29 is 19.3 Å². The van der Waals surface area contributed by atoms with E-state index in [-0.39, 0.29) is 12.7 Å². The third kappa shape index (κ3) is 4.60. The predicted molar refractivity (Wildman–Crippen MR) is 151 cm³/mol. The number of rotatable bonds is 12. The van der Waals surface area contributed by atoms with Crippen LogP contribution in [0.1, 0.15) is 44.9 Å². The quantitative estimate of drug-likeness (QED) is 0.239. The van der Waals surface area contributed by atoms with E-state index in [4.69, 9.17) is 19.3 Å². The molecule has 0 atom stereocenters. The van der Waals surface area contributed by atoms with Gasteiger partial charge in [0, 0.05) is 79.6 Å². The summed E-state index contributed by atoms with van der Waals surface area (Å²) in [4.78, 5) is 8.90. The fourth-order valence-electron chi connectivity index (χ4n) is 7.21. The van der Waals surface area contributed by atoms with Gasteiger partial charge in [0.15, 0.2) is 0 Å². The normalized spacial score (nSPS) is 27.2. The zero-order valence-corrected chi connectivity index (χ0v) is 22.6. The topological polar surface area (TPSA) is 78.6 Å². The summed E-state index contributed by atoms with van der Waals surface area (Å²) in [5.74, 6) is 0.680. The fraction of sp³-hybridized carbons (Fsp3) is 0.500. The number of benzene rings is 1. The second kappa shape index (κ2) is 9.88. The minimum atomic E-state index is 0.181. The van der Waals surface area contributed by atoms with E-state index in [1.807, 2.05) is 24.7 Å². The van der Waals surface area contributed by atoms with E-state index in [1.54, 1.807) is 0 Å². The zero-order valence-electron chi connectivity index (χ0n) is 22.6. The van der Waals surface area contributed by atoms with Crippen molar-refractivity contribution in [2.24, 2.45) is 17.9 Å². The highest BCUT2D eigenvalue weighted by Gasteiger charge is 2.67. The van der Waals surface area contributed by atoms with Gasteiger partial charge in [-0.1, -0.05) is 12.1 Å². The molecule has 4 fully saturated rings. The molecule has 4 aromatic rings. The van der Waals surface area contributed by atoms with Gasteiger partial charge in [0.1, 0.15) is 6.10 Å². The van der Waals surface area contributed by atoms with Crippen LogP contribution in [-0.2, 0) is 16.5 Å². The summed E-state index contributed by atoms with van der Waals surface area (Å²) in [6.07, 6.45) is 13.6. The van der Waals surface area contributed by atoms with Gasteiger partial charge in [-0.25, -0.2) is 4.98 Å². The standard InChI is InChI=1S/C32H37N3O4/c1-35-28-8-9-33-16-27(28)26-6-4-22(12-29(26)35)23-5-7-30(34-15-23)39-25-13-24(14-25)38-21-32-17-31(18-32,19-32)20-37-11-3-2-10-36/h4-9,12,15-16,24-25,36H,2-3,10-11,13-14,17-21H2,1H3/t24-,25-,31?,32?. The van der Waals surface area contributed by atoms with Gasteiger partial charge >= 0.3 is 0 Å². The lowest BCUT2D eigenvalue weighted by Crippen LogP contribution is -2.66. The lowest BCUT2D eigenvalue weighted by molar-refractivity contribution is -0.263. The number of aryl methyl sites for hydroxylation is 1. The number of aliphatic hydroxyl groups is 1. The summed E-state index contributed by atoms with van der Waals surface area (Å²) in [7, 11) is 2.10. The zero-order chi connectivity index (χ0) is 26.5. The average Bonchev–Trinajstić information content (AvgIpc) is 3.18. The highest BCUT2D eigenvalue weighted by Crippen LogP contribution is 2.73. The number of nitrogens with zero attached hydrogens (tertiary/aromatic N) is 3. The number of unbranched alkanes of at least 4 members (excludes halogenated alkanes) is 1. The number of fused-ring (bicyclic) bond motifs is 3. The van der Waals surface area contributed by atoms with Crippen LogP contribution in [0.5, 0.6) is 5.88 Å². The highest BCUT2D eigenvalue weighted by molar-refractivity contribution is 6.08. The van der Waals surface area contributed by atoms with Crippen LogP contribution in [0.3, 0.4) is 0 Å². The highest BCUT2D eigenvalue weighted by atomic mass is 16.5. The summed E-state index contributed by atoms with van der Waals surface area (Å²) >= 11 is 0. The fourth-order valence-corrected chi connectivity index (χ4v) is 7.21. The van der Waals surface area contributed by atoms with E-state index in [1.165, 1.54) is 41.1 Å². The first-order valence-corrected chi connectivity index (χ1v) is 14.3. The van der Waals surface area contributed by atoms with Crippen molar-refractivity contribution in [3.05, 3.63) is 55.0 Å². The molecule has 7 nitrogen and oxygen atoms in total. The molecule has 3 heterocycles. The van der Waals surface area contributed by atoms with E-state index in [0.29, 0.717) is 22.8 Å². The van der Waals surface area contributed by atoms with Crippen LogP contribution >= 0.6 is 0 Å². The molecule has 2 bridgehead atoms. The van der Waals surface area contributed by atoms with Crippen LogP contribution in [0, 0.1) is 10.8 Å². The number of aromatic nitrogens is 3. The Morgan fingerprint density at radius 2 is 1.72 bits per heavy atom. The number of pyridine rings is 2. The van der Waals surface area contributed by atoms with Crippen molar-refractivity contribution in [3.8, 4) is 17.0 Å². The molecule has 0 saturated heterocycles. The molecular weight excluding hydrogens is 490 g/mol. The first-order valence-electron chi connectivity index (χ1n) is 14.3. The Labute approximate surface area is 229 Å². The maximum atomic E-state index is 8.86. The molecular formula is C32H37N3O4. The van der Waals surface area contributed by atoms with Crippen molar-refractivity contribution in [1.82, 2.24) is 14.5 Å². The van der Waals surface area contributed by atoms with Gasteiger partial charge in [0.2, 0.25) is 5.88 Å². The summed E-state index contributed by atoms with van der Waals surface area (Å²) in [5.41, 5.74) is 5.42. The first-order chi connectivity index (χ1) is 19.1. The van der Waals surface area contributed by atoms with E-state index < -0.39 is 0 Å². The summed E-state index contributed by atoms with van der Waals surface area (Å²) in [5, 5.41) is 11.3. The van der Waals surface area contributed by atoms with Crippen molar-refractivity contribution in [2.45, 2.75) is 57.2 Å². The summed E-state index contributed by atoms with van der Waals surface area (Å²) < 4.78 is 20.5.